The van der Waals surface area contributed by atoms with Crippen molar-refractivity contribution in [2.45, 2.75) is 19.4 Å². The van der Waals surface area contributed by atoms with E-state index >= 15 is 0 Å². The second-order valence-corrected chi connectivity index (χ2v) is 7.73. The first-order chi connectivity index (χ1) is 13.9. The Morgan fingerprint density at radius 1 is 1.17 bits per heavy atom. The molecule has 5 nitrogen and oxygen atoms in total. The standard InChI is InChI=1S/C22H20ClFN2O3/c1-11-10-16-19(21(27)17(11)22(28)29-2)20(18-12(23)6-5-7-13(18)24)26-15-9-4-3-8-14(15)25-16/h3-9,11,17,20,25-26H,10H2,1-2H3/t11-,17+,20-/m0/s1. The van der Waals surface area contributed by atoms with Crippen LogP contribution in [-0.4, -0.2) is 18.9 Å². The summed E-state index contributed by atoms with van der Waals surface area (Å²) in [5, 5.41) is 6.78. The van der Waals surface area contributed by atoms with Gasteiger partial charge in [0.05, 0.1) is 24.5 Å². The van der Waals surface area contributed by atoms with Crippen LogP contribution in [0.15, 0.2) is 53.7 Å². The summed E-state index contributed by atoms with van der Waals surface area (Å²) in [6, 6.07) is 11.0. The van der Waals surface area contributed by atoms with E-state index in [1.165, 1.54) is 19.2 Å². The first-order valence-corrected chi connectivity index (χ1v) is 9.71. The van der Waals surface area contributed by atoms with Crippen LogP contribution in [0.1, 0.15) is 24.9 Å². The molecule has 3 atom stereocenters. The molecular formula is C22H20ClFN2O3. The number of Topliss-reactive ketones (excluding diaryl/α,β-unsaturated/α-hetero) is 1. The number of esters is 1. The minimum Gasteiger partial charge on any atom is -0.468 e. The van der Waals surface area contributed by atoms with Gasteiger partial charge in [-0.3, -0.25) is 9.59 Å². The molecule has 4 rings (SSSR count). The fourth-order valence-corrected chi connectivity index (χ4v) is 4.41. The van der Waals surface area contributed by atoms with E-state index in [9.17, 15) is 14.0 Å². The van der Waals surface area contributed by atoms with Crippen molar-refractivity contribution in [3.8, 4) is 0 Å². The molecule has 2 N–H and O–H groups in total. The summed E-state index contributed by atoms with van der Waals surface area (Å²) < 4.78 is 19.7. The van der Waals surface area contributed by atoms with Crippen LogP contribution in [0.3, 0.4) is 0 Å². The van der Waals surface area contributed by atoms with Crippen molar-refractivity contribution in [1.82, 2.24) is 0 Å². The lowest BCUT2D eigenvalue weighted by molar-refractivity contribution is -0.151. The summed E-state index contributed by atoms with van der Waals surface area (Å²) in [6.45, 7) is 1.83. The van der Waals surface area contributed by atoms with Gasteiger partial charge in [0.15, 0.2) is 5.78 Å². The molecule has 0 unspecified atom stereocenters. The molecule has 1 heterocycles. The lowest BCUT2D eigenvalue weighted by atomic mass is 9.74. The first kappa shape index (κ1) is 19.5. The van der Waals surface area contributed by atoms with Crippen LogP contribution in [0, 0.1) is 17.7 Å². The Morgan fingerprint density at radius 3 is 2.59 bits per heavy atom. The molecule has 2 aromatic carbocycles. The van der Waals surface area contributed by atoms with E-state index in [0.717, 1.165) is 5.69 Å². The zero-order chi connectivity index (χ0) is 20.7. The Morgan fingerprint density at radius 2 is 1.90 bits per heavy atom. The Bertz CT molecular complexity index is 1020. The zero-order valence-corrected chi connectivity index (χ0v) is 16.7. The van der Waals surface area contributed by atoms with E-state index in [1.807, 2.05) is 31.2 Å². The number of nitrogens with one attached hydrogen (secondary N) is 2. The highest BCUT2D eigenvalue weighted by molar-refractivity contribution is 6.31. The van der Waals surface area contributed by atoms with Crippen LogP contribution in [0.4, 0.5) is 15.8 Å². The average Bonchev–Trinajstić information content (AvgIpc) is 2.84. The van der Waals surface area contributed by atoms with Crippen LogP contribution >= 0.6 is 11.6 Å². The Labute approximate surface area is 172 Å². The van der Waals surface area contributed by atoms with Crippen molar-refractivity contribution in [1.29, 1.82) is 0 Å². The molecular weight excluding hydrogens is 395 g/mol. The lowest BCUT2D eigenvalue weighted by Crippen LogP contribution is -2.39. The number of hydrogen-bond acceptors (Lipinski definition) is 5. The van der Waals surface area contributed by atoms with Gasteiger partial charge in [-0.05, 0) is 36.6 Å². The number of carbonyl (C=O) groups is 2. The fourth-order valence-electron chi connectivity index (χ4n) is 4.14. The number of para-hydroxylation sites is 2. The number of anilines is 2. The number of rotatable bonds is 2. The molecule has 1 aliphatic heterocycles. The molecule has 0 saturated heterocycles. The molecule has 150 valence electrons. The van der Waals surface area contributed by atoms with Gasteiger partial charge >= 0.3 is 5.97 Å². The monoisotopic (exact) mass is 414 g/mol. The van der Waals surface area contributed by atoms with E-state index in [1.54, 1.807) is 6.07 Å². The van der Waals surface area contributed by atoms with Gasteiger partial charge in [0.25, 0.3) is 0 Å². The summed E-state index contributed by atoms with van der Waals surface area (Å²) in [6.07, 6.45) is 0.444. The van der Waals surface area contributed by atoms with E-state index in [4.69, 9.17) is 16.3 Å². The molecule has 2 aromatic rings. The lowest BCUT2D eigenvalue weighted by Gasteiger charge is -2.32. The number of benzene rings is 2. The molecule has 0 fully saturated rings. The van der Waals surface area contributed by atoms with Gasteiger partial charge in [0, 0.05) is 21.9 Å². The van der Waals surface area contributed by atoms with E-state index in [2.05, 4.69) is 10.6 Å². The third kappa shape index (κ3) is 3.27. The van der Waals surface area contributed by atoms with Gasteiger partial charge in [-0.15, -0.1) is 0 Å². The third-order valence-corrected chi connectivity index (χ3v) is 5.84. The normalized spacial score (nSPS) is 23.3. The number of hydrogen-bond donors (Lipinski definition) is 2. The molecule has 2 aliphatic rings. The third-order valence-electron chi connectivity index (χ3n) is 5.51. The molecule has 0 bridgehead atoms. The van der Waals surface area contributed by atoms with E-state index in [-0.39, 0.29) is 22.3 Å². The number of fused-ring (bicyclic) bond motifs is 1. The highest BCUT2D eigenvalue weighted by atomic mass is 35.5. The van der Waals surface area contributed by atoms with E-state index < -0.39 is 23.7 Å². The summed E-state index contributed by atoms with van der Waals surface area (Å²) in [5.74, 6) is -2.71. The van der Waals surface area contributed by atoms with E-state index in [0.29, 0.717) is 23.4 Å². The SMILES string of the molecule is COC(=O)[C@H]1C(=O)C2=C(C[C@@H]1C)Nc1ccccc1N[C@H]2c1c(F)cccc1Cl. The van der Waals surface area contributed by atoms with Crippen LogP contribution in [-0.2, 0) is 14.3 Å². The quantitative estimate of drug-likeness (QED) is 0.550. The van der Waals surface area contributed by atoms with Crippen molar-refractivity contribution in [3.05, 3.63) is 70.1 Å². The van der Waals surface area contributed by atoms with Gasteiger partial charge in [0.2, 0.25) is 0 Å². The molecule has 0 spiro atoms. The van der Waals surface area contributed by atoms with Gasteiger partial charge in [0.1, 0.15) is 11.7 Å². The van der Waals surface area contributed by atoms with Gasteiger partial charge in [-0.1, -0.05) is 36.7 Å². The van der Waals surface area contributed by atoms with Crippen molar-refractivity contribution < 1.29 is 18.7 Å². The highest BCUT2D eigenvalue weighted by Gasteiger charge is 2.45. The molecule has 0 radical (unpaired) electrons. The average molecular weight is 415 g/mol. The second-order valence-electron chi connectivity index (χ2n) is 7.32. The van der Waals surface area contributed by atoms with Crippen LogP contribution in [0.2, 0.25) is 5.02 Å². The number of allylic oxidation sites excluding steroid dienone is 1. The summed E-state index contributed by atoms with van der Waals surface area (Å²) in [5.41, 5.74) is 2.62. The number of carbonyl (C=O) groups excluding carboxylic acids is 2. The predicted octanol–water partition coefficient (Wildman–Crippen LogP) is 4.71. The largest absolute Gasteiger partial charge is 0.468 e. The van der Waals surface area contributed by atoms with Crippen molar-refractivity contribution >= 4 is 34.7 Å². The maximum absolute atomic E-state index is 14.9. The molecule has 29 heavy (non-hydrogen) atoms. The molecule has 0 aromatic heterocycles. The highest BCUT2D eigenvalue weighted by Crippen LogP contribution is 2.45. The maximum atomic E-state index is 14.9. The summed E-state index contributed by atoms with van der Waals surface area (Å²) in [4.78, 5) is 25.8. The number of methoxy groups -OCH3 is 1. The van der Waals surface area contributed by atoms with Gasteiger partial charge < -0.3 is 15.4 Å². The van der Waals surface area contributed by atoms with Crippen molar-refractivity contribution in [2.24, 2.45) is 11.8 Å². The van der Waals surface area contributed by atoms with Gasteiger partial charge in [-0.2, -0.15) is 0 Å². The maximum Gasteiger partial charge on any atom is 0.316 e. The Hall–Kier alpha value is -2.86. The van der Waals surface area contributed by atoms with Gasteiger partial charge in [-0.25, -0.2) is 4.39 Å². The van der Waals surface area contributed by atoms with Crippen LogP contribution in [0.5, 0.6) is 0 Å². The topological polar surface area (TPSA) is 67.4 Å². The minimum atomic E-state index is -0.948. The summed E-state index contributed by atoms with van der Waals surface area (Å²) in [7, 11) is 1.26. The molecule has 1 aliphatic carbocycles. The van der Waals surface area contributed by atoms with Crippen molar-refractivity contribution in [2.75, 3.05) is 17.7 Å². The Balaban J connectivity index is 1.93. The number of halogens is 2. The minimum absolute atomic E-state index is 0.173. The summed E-state index contributed by atoms with van der Waals surface area (Å²) >= 11 is 6.35. The van der Waals surface area contributed by atoms with Crippen molar-refractivity contribution in [3.63, 3.8) is 0 Å². The first-order valence-electron chi connectivity index (χ1n) is 9.34. The molecule has 0 amide bonds. The van der Waals surface area contributed by atoms with Crippen LogP contribution < -0.4 is 10.6 Å². The smallest absolute Gasteiger partial charge is 0.316 e. The number of ketones is 1. The molecule has 7 heteroatoms. The number of ether oxygens (including phenoxy) is 1. The predicted molar refractivity (Wildman–Crippen MR) is 109 cm³/mol. The zero-order valence-electron chi connectivity index (χ0n) is 16.0. The Kier molecular flexibility index (Phi) is 5.04. The molecule has 0 saturated carbocycles. The fraction of sp³-hybridized carbons (Fsp3) is 0.273. The van der Waals surface area contributed by atoms with Crippen LogP contribution in [0.25, 0.3) is 0 Å². The second kappa shape index (κ2) is 7.52.